The van der Waals surface area contributed by atoms with Crippen molar-refractivity contribution in [1.29, 1.82) is 0 Å². The fraction of sp³-hybridized carbons (Fsp3) is 0.154. The van der Waals surface area contributed by atoms with Crippen LogP contribution in [0.15, 0.2) is 263 Å². The standard InChI is InChI=1S/C78H64B2N4S/c1-78(2,3)55-43-67-75-71(44-55)83(56-29-15-7-16-30-56)68-35-21-19-33-62(68)79(75)64-47-65-73(48-66(64)81-67)85(77-60(51-25-11-5-12-26-51)41-53(50-23-9-4-10-24-50)42-61(77)52-27-13-6-14-28-52)74-46-59(82-58-38-49-37-54(40-58)70(82)39-49)45-72-76(74)80(65)63-34-20-22-36-69(63)84(72)57-31-17-8-18-32-57/h4-36,41-49,54,58,70,81,85H,37-40H2,1-3H3. The van der Waals surface area contributed by atoms with Crippen molar-refractivity contribution >= 4 is 108 Å². The number of hydrogen-bond donors (Lipinski definition) is 2. The molecule has 4 bridgehead atoms. The summed E-state index contributed by atoms with van der Waals surface area (Å²) in [6, 6.07) is 96.9. The summed E-state index contributed by atoms with van der Waals surface area (Å²) in [7, 11) is -1.32. The summed E-state index contributed by atoms with van der Waals surface area (Å²) in [4.78, 5) is 12.5. The molecule has 4 nitrogen and oxygen atoms in total. The summed E-state index contributed by atoms with van der Waals surface area (Å²) in [6.07, 6.45) is 5.29. The minimum Gasteiger partial charge on any atom is -0.365 e. The highest BCUT2D eigenvalue weighted by Gasteiger charge is 2.54. The van der Waals surface area contributed by atoms with Crippen molar-refractivity contribution in [3.05, 3.63) is 254 Å². The Balaban J connectivity index is 0.980. The van der Waals surface area contributed by atoms with Crippen LogP contribution in [0, 0.1) is 11.8 Å². The van der Waals surface area contributed by atoms with Crippen molar-refractivity contribution in [2.45, 2.75) is 78.6 Å². The lowest BCUT2D eigenvalue weighted by Crippen LogP contribution is -2.64. The molecule has 408 valence electrons. The first-order valence-electron chi connectivity index (χ1n) is 30.9. The molecule has 0 radical (unpaired) electrons. The normalized spacial score (nSPS) is 20.0. The monoisotopic (exact) mass is 1110 g/mol. The van der Waals surface area contributed by atoms with Crippen LogP contribution in [-0.4, -0.2) is 25.5 Å². The molecule has 11 aromatic carbocycles. The van der Waals surface area contributed by atoms with Crippen LogP contribution >= 0.6 is 10.9 Å². The number of hydrogen-bond acceptors (Lipinski definition) is 4. The van der Waals surface area contributed by atoms with E-state index in [9.17, 15) is 0 Å². The lowest BCUT2D eigenvalue weighted by Gasteiger charge is -2.47. The van der Waals surface area contributed by atoms with Crippen LogP contribution in [0.4, 0.5) is 51.2 Å². The minimum atomic E-state index is -1.32. The van der Waals surface area contributed by atoms with Crippen molar-refractivity contribution in [3.63, 3.8) is 0 Å². The van der Waals surface area contributed by atoms with Gasteiger partial charge in [0, 0.05) is 68.2 Å². The molecule has 8 aliphatic rings. The number of nitrogens with zero attached hydrogens (tertiary/aromatic N) is 3. The smallest absolute Gasteiger partial charge is 0.252 e. The Hall–Kier alpha value is -8.90. The van der Waals surface area contributed by atoms with Crippen molar-refractivity contribution in [2.75, 3.05) is 20.0 Å². The van der Waals surface area contributed by atoms with E-state index in [1.807, 2.05) is 0 Å². The first kappa shape index (κ1) is 49.5. The van der Waals surface area contributed by atoms with Gasteiger partial charge in [-0.05, 0) is 198 Å². The maximum atomic E-state index is 4.33. The van der Waals surface area contributed by atoms with Crippen molar-refractivity contribution < 1.29 is 0 Å². The van der Waals surface area contributed by atoms with Crippen LogP contribution < -0.4 is 52.8 Å². The van der Waals surface area contributed by atoms with Gasteiger partial charge in [-0.1, -0.05) is 196 Å². The summed E-state index contributed by atoms with van der Waals surface area (Å²) in [5.41, 5.74) is 28.2. The molecule has 2 saturated carbocycles. The molecule has 85 heavy (non-hydrogen) atoms. The van der Waals surface area contributed by atoms with Gasteiger partial charge in [0.05, 0.1) is 0 Å². The van der Waals surface area contributed by atoms with E-state index in [1.54, 1.807) is 0 Å². The summed E-state index contributed by atoms with van der Waals surface area (Å²) in [6.45, 7) is 7.03. The van der Waals surface area contributed by atoms with E-state index in [4.69, 9.17) is 0 Å². The molecular formula is C78H64B2N4S. The van der Waals surface area contributed by atoms with Crippen LogP contribution in [-0.2, 0) is 5.41 Å². The predicted octanol–water partition coefficient (Wildman–Crippen LogP) is 15.8. The first-order valence-corrected chi connectivity index (χ1v) is 32.3. The van der Waals surface area contributed by atoms with Crippen molar-refractivity contribution in [1.82, 2.24) is 0 Å². The third-order valence-electron chi connectivity index (χ3n) is 20.4. The maximum Gasteiger partial charge on any atom is 0.252 e. The van der Waals surface area contributed by atoms with Gasteiger partial charge < -0.3 is 20.0 Å². The zero-order valence-corrected chi connectivity index (χ0v) is 49.1. The zero-order valence-electron chi connectivity index (χ0n) is 48.3. The molecule has 1 N–H and O–H groups in total. The summed E-state index contributed by atoms with van der Waals surface area (Å²) in [5, 5.41) is 4.33. The van der Waals surface area contributed by atoms with Gasteiger partial charge in [-0.25, -0.2) is 0 Å². The molecule has 0 spiro atoms. The number of thiol groups is 1. The van der Waals surface area contributed by atoms with Crippen molar-refractivity contribution in [3.8, 4) is 33.4 Å². The molecule has 6 aliphatic heterocycles. The Labute approximate surface area is 503 Å². The van der Waals surface area contributed by atoms with Gasteiger partial charge in [0.15, 0.2) is 0 Å². The highest BCUT2D eigenvalue weighted by molar-refractivity contribution is 8.18. The molecule has 4 fully saturated rings. The lowest BCUT2D eigenvalue weighted by atomic mass is 9.31. The lowest BCUT2D eigenvalue weighted by molar-refractivity contribution is 0.340. The second kappa shape index (κ2) is 18.8. The Morgan fingerprint density at radius 3 is 1.54 bits per heavy atom. The Morgan fingerprint density at radius 1 is 0.412 bits per heavy atom. The van der Waals surface area contributed by atoms with Gasteiger partial charge >= 0.3 is 0 Å². The molecule has 5 unspecified atom stereocenters. The summed E-state index contributed by atoms with van der Waals surface area (Å²) >= 11 is 0. The van der Waals surface area contributed by atoms with Crippen molar-refractivity contribution in [2.24, 2.45) is 11.8 Å². The van der Waals surface area contributed by atoms with Gasteiger partial charge in [-0.3, -0.25) is 0 Å². The maximum absolute atomic E-state index is 4.33. The molecule has 2 saturated heterocycles. The number of rotatable bonds is 7. The third-order valence-corrected chi connectivity index (χ3v) is 23.0. The molecule has 19 rings (SSSR count). The van der Waals surface area contributed by atoms with Gasteiger partial charge in [0.1, 0.15) is 0 Å². The van der Waals surface area contributed by atoms with E-state index >= 15 is 0 Å². The number of fused-ring (bicyclic) bond motifs is 8. The molecule has 5 atom stereocenters. The second-order valence-corrected chi connectivity index (χ2v) is 28.2. The van der Waals surface area contributed by atoms with Crippen LogP contribution in [0.3, 0.4) is 0 Å². The number of para-hydroxylation sites is 4. The SMILES string of the molecule is CC(C)(C)c1cc2c3c(c1)N(c1ccccc1)c1ccccc1B3c1cc3c(cc1N2)[SH](c1c(-c2ccccc2)cc(-c2ccccc2)cc1-c1ccccc1)c1cc(N2C4CC5CC(C4)C2C5)cc2c1B3c1ccccc1N2c1ccccc1. The third kappa shape index (κ3) is 7.51. The first-order chi connectivity index (χ1) is 41.8. The average Bonchev–Trinajstić information content (AvgIpc) is 1.19. The van der Waals surface area contributed by atoms with E-state index in [1.165, 1.54) is 163 Å². The molecular weight excluding hydrogens is 1050 g/mol. The quantitative estimate of drug-likeness (QED) is 0.123. The van der Waals surface area contributed by atoms with Gasteiger partial charge in [-0.2, -0.15) is 10.9 Å². The second-order valence-electron chi connectivity index (χ2n) is 26.1. The van der Waals surface area contributed by atoms with Crippen LogP contribution in [0.2, 0.25) is 0 Å². The Bertz CT molecular complexity index is 4450. The fourth-order valence-electron chi connectivity index (χ4n) is 16.9. The molecule has 7 heteroatoms. The predicted molar refractivity (Wildman–Crippen MR) is 362 cm³/mol. The zero-order chi connectivity index (χ0) is 56.2. The molecule has 11 aromatic rings. The number of anilines is 9. The molecule has 2 aliphatic carbocycles. The summed E-state index contributed by atoms with van der Waals surface area (Å²) in [5.74, 6) is 1.62. The number of piperidine rings is 1. The van der Waals surface area contributed by atoms with Crippen LogP contribution in [0.5, 0.6) is 0 Å². The van der Waals surface area contributed by atoms with E-state index in [0.717, 1.165) is 11.8 Å². The van der Waals surface area contributed by atoms with Gasteiger partial charge in [0.2, 0.25) is 6.71 Å². The Morgan fingerprint density at radius 2 is 0.953 bits per heavy atom. The van der Waals surface area contributed by atoms with Gasteiger partial charge in [0.25, 0.3) is 6.71 Å². The van der Waals surface area contributed by atoms with E-state index in [2.05, 4.69) is 290 Å². The molecule has 6 heterocycles. The summed E-state index contributed by atoms with van der Waals surface area (Å²) < 4.78 is 0. The minimum absolute atomic E-state index is 0.0170. The highest BCUT2D eigenvalue weighted by atomic mass is 32.2. The average molecular weight is 1110 g/mol. The van der Waals surface area contributed by atoms with Gasteiger partial charge in [-0.15, -0.1) is 0 Å². The number of benzene rings is 11. The van der Waals surface area contributed by atoms with Crippen LogP contribution in [0.1, 0.15) is 52.0 Å². The molecule has 0 amide bonds. The topological polar surface area (TPSA) is 21.8 Å². The van der Waals surface area contributed by atoms with E-state index < -0.39 is 10.9 Å². The van der Waals surface area contributed by atoms with E-state index in [0.29, 0.717) is 12.1 Å². The largest absolute Gasteiger partial charge is 0.365 e. The fourth-order valence-corrected chi connectivity index (χ4v) is 19.9. The van der Waals surface area contributed by atoms with E-state index in [-0.39, 0.29) is 18.8 Å². The Kier molecular flexibility index (Phi) is 11.0. The van der Waals surface area contributed by atoms with Crippen LogP contribution in [0.25, 0.3) is 33.4 Å². The highest BCUT2D eigenvalue weighted by Crippen LogP contribution is 2.63. The molecule has 0 aromatic heterocycles. The number of nitrogens with one attached hydrogen (secondary N) is 1.